The summed E-state index contributed by atoms with van der Waals surface area (Å²) in [6.45, 7) is 6.04. The van der Waals surface area contributed by atoms with Gasteiger partial charge in [-0.1, -0.05) is 37.5 Å². The van der Waals surface area contributed by atoms with Crippen LogP contribution in [0.5, 0.6) is 0 Å². The van der Waals surface area contributed by atoms with Crippen LogP contribution in [0.1, 0.15) is 37.0 Å². The van der Waals surface area contributed by atoms with Gasteiger partial charge >= 0.3 is 0 Å². The summed E-state index contributed by atoms with van der Waals surface area (Å²) in [4.78, 5) is 17.5. The third kappa shape index (κ3) is 3.63. The van der Waals surface area contributed by atoms with Gasteiger partial charge in [-0.15, -0.1) is 22.7 Å². The van der Waals surface area contributed by atoms with Crippen molar-refractivity contribution in [2.45, 2.75) is 26.2 Å². The van der Waals surface area contributed by atoms with E-state index < -0.39 is 0 Å². The van der Waals surface area contributed by atoms with Crippen LogP contribution in [0.3, 0.4) is 0 Å². The maximum absolute atomic E-state index is 12.3. The zero-order valence-electron chi connectivity index (χ0n) is 12.7. The molecule has 0 spiro atoms. The van der Waals surface area contributed by atoms with Crippen molar-refractivity contribution in [1.29, 1.82) is 0 Å². The van der Waals surface area contributed by atoms with Gasteiger partial charge in [0.25, 0.3) is 5.91 Å². The second-order valence-corrected chi connectivity index (χ2v) is 8.50. The van der Waals surface area contributed by atoms with Crippen LogP contribution in [-0.4, -0.2) is 16.0 Å². The smallest absolute Gasteiger partial charge is 0.276 e. The van der Waals surface area contributed by atoms with Gasteiger partial charge in [-0.2, -0.15) is 0 Å². The number of thiophene rings is 1. The minimum absolute atomic E-state index is 0.164. The van der Waals surface area contributed by atoms with Crippen LogP contribution >= 0.6 is 34.3 Å². The van der Waals surface area contributed by atoms with Gasteiger partial charge in [0, 0.05) is 16.9 Å². The maximum Gasteiger partial charge on any atom is 0.276 e. The van der Waals surface area contributed by atoms with Crippen LogP contribution in [0.15, 0.2) is 28.1 Å². The van der Waals surface area contributed by atoms with Gasteiger partial charge in [0.15, 0.2) is 5.82 Å². The molecule has 0 bridgehead atoms. The third-order valence-electron chi connectivity index (χ3n) is 3.01. The molecule has 120 valence electrons. The van der Waals surface area contributed by atoms with Crippen LogP contribution in [0.4, 0.5) is 5.82 Å². The number of nitrogens with zero attached hydrogens (tertiary/aromatic N) is 2. The molecule has 8 heteroatoms. The fourth-order valence-electron chi connectivity index (χ4n) is 1.79. The number of hydrogen-bond donors (Lipinski definition) is 1. The number of thiazole rings is 1. The van der Waals surface area contributed by atoms with E-state index in [-0.39, 0.29) is 11.3 Å². The van der Waals surface area contributed by atoms with E-state index >= 15 is 0 Å². The molecule has 0 aliphatic rings. The van der Waals surface area contributed by atoms with Crippen molar-refractivity contribution in [3.63, 3.8) is 0 Å². The highest BCUT2D eigenvalue weighted by atomic mass is 35.5. The minimum atomic E-state index is -0.316. The quantitative estimate of drug-likeness (QED) is 0.702. The van der Waals surface area contributed by atoms with Crippen molar-refractivity contribution in [1.82, 2.24) is 10.1 Å². The average Bonchev–Trinajstić information content (AvgIpc) is 3.15. The predicted molar refractivity (Wildman–Crippen MR) is 93.6 cm³/mol. The van der Waals surface area contributed by atoms with E-state index in [4.69, 9.17) is 16.1 Å². The largest absolute Gasteiger partial charge is 0.359 e. The molecule has 0 saturated carbocycles. The lowest BCUT2D eigenvalue weighted by Gasteiger charge is -2.11. The fraction of sp³-hybridized carbons (Fsp3) is 0.267. The van der Waals surface area contributed by atoms with E-state index in [2.05, 4.69) is 15.5 Å². The van der Waals surface area contributed by atoms with Crippen molar-refractivity contribution >= 4 is 46.0 Å². The van der Waals surface area contributed by atoms with E-state index in [1.807, 2.05) is 32.9 Å². The molecule has 0 unspecified atom stereocenters. The lowest BCUT2D eigenvalue weighted by Crippen LogP contribution is -2.13. The molecule has 3 aromatic rings. The minimum Gasteiger partial charge on any atom is -0.359 e. The highest BCUT2D eigenvalue weighted by Crippen LogP contribution is 2.33. The fourth-order valence-corrected chi connectivity index (χ4v) is 3.70. The maximum atomic E-state index is 12.3. The Morgan fingerprint density at radius 2 is 2.13 bits per heavy atom. The van der Waals surface area contributed by atoms with E-state index in [1.165, 1.54) is 22.7 Å². The summed E-state index contributed by atoms with van der Waals surface area (Å²) in [6.07, 6.45) is 0. The predicted octanol–water partition coefficient (Wildman–Crippen LogP) is 5.06. The molecule has 3 rings (SSSR count). The number of carbonyl (C=O) groups is 1. The molecule has 0 saturated heterocycles. The van der Waals surface area contributed by atoms with Crippen molar-refractivity contribution in [3.8, 4) is 9.88 Å². The topological polar surface area (TPSA) is 68.0 Å². The molecule has 0 fully saturated rings. The van der Waals surface area contributed by atoms with Gasteiger partial charge in [-0.3, -0.25) is 4.79 Å². The van der Waals surface area contributed by atoms with Crippen molar-refractivity contribution < 1.29 is 9.32 Å². The zero-order valence-corrected chi connectivity index (χ0v) is 15.1. The summed E-state index contributed by atoms with van der Waals surface area (Å²) in [5, 5.41) is 9.05. The molecule has 1 amide bonds. The van der Waals surface area contributed by atoms with Gasteiger partial charge in [-0.05, 0) is 12.1 Å². The Morgan fingerprint density at radius 3 is 2.74 bits per heavy atom. The SMILES string of the molecule is CC(C)(C)c1cc(NC(=O)c2csc(-c3ccc(Cl)s3)n2)no1. The summed E-state index contributed by atoms with van der Waals surface area (Å²) in [5.74, 6) is 0.776. The average molecular weight is 368 g/mol. The number of halogens is 1. The van der Waals surface area contributed by atoms with Gasteiger partial charge in [0.2, 0.25) is 0 Å². The summed E-state index contributed by atoms with van der Waals surface area (Å²) in [5.41, 5.74) is 0.178. The molecule has 0 aliphatic heterocycles. The summed E-state index contributed by atoms with van der Waals surface area (Å²) >= 11 is 8.75. The molecule has 0 atom stereocenters. The Bertz CT molecular complexity index is 845. The monoisotopic (exact) mass is 367 g/mol. The second-order valence-electron chi connectivity index (χ2n) is 5.92. The van der Waals surface area contributed by atoms with Gasteiger partial charge in [0.05, 0.1) is 9.21 Å². The molecule has 0 aromatic carbocycles. The first-order chi connectivity index (χ1) is 10.8. The summed E-state index contributed by atoms with van der Waals surface area (Å²) < 4.78 is 5.94. The molecule has 3 heterocycles. The molecular weight excluding hydrogens is 354 g/mol. The van der Waals surface area contributed by atoms with Gasteiger partial charge in [0.1, 0.15) is 16.5 Å². The van der Waals surface area contributed by atoms with Gasteiger partial charge < -0.3 is 9.84 Å². The Labute approximate surface area is 146 Å². The normalized spacial score (nSPS) is 11.7. The van der Waals surface area contributed by atoms with Crippen molar-refractivity contribution in [2.75, 3.05) is 5.32 Å². The highest BCUT2D eigenvalue weighted by molar-refractivity contribution is 7.23. The van der Waals surface area contributed by atoms with Crippen molar-refractivity contribution in [2.24, 2.45) is 0 Å². The van der Waals surface area contributed by atoms with Gasteiger partial charge in [-0.25, -0.2) is 4.98 Å². The molecule has 1 N–H and O–H groups in total. The molecule has 0 aliphatic carbocycles. The summed E-state index contributed by atoms with van der Waals surface area (Å²) in [7, 11) is 0. The lowest BCUT2D eigenvalue weighted by molar-refractivity contribution is 0.102. The first-order valence-electron chi connectivity index (χ1n) is 6.83. The van der Waals surface area contributed by atoms with Crippen LogP contribution < -0.4 is 5.32 Å². The van der Waals surface area contributed by atoms with Crippen LogP contribution in [0.2, 0.25) is 4.34 Å². The number of carbonyl (C=O) groups excluding carboxylic acids is 1. The number of hydrogen-bond acceptors (Lipinski definition) is 6. The Balaban J connectivity index is 1.74. The van der Waals surface area contributed by atoms with E-state index in [9.17, 15) is 4.79 Å². The second kappa shape index (κ2) is 6.07. The van der Waals surface area contributed by atoms with E-state index in [0.717, 1.165) is 9.88 Å². The molecular formula is C15H14ClN3O2S2. The first kappa shape index (κ1) is 16.2. The van der Waals surface area contributed by atoms with E-state index in [0.29, 0.717) is 21.6 Å². The Hall–Kier alpha value is -1.70. The molecule has 5 nitrogen and oxygen atoms in total. The van der Waals surface area contributed by atoms with Crippen LogP contribution in [0.25, 0.3) is 9.88 Å². The summed E-state index contributed by atoms with van der Waals surface area (Å²) in [6, 6.07) is 5.43. The first-order valence-corrected chi connectivity index (χ1v) is 8.90. The van der Waals surface area contributed by atoms with Crippen molar-refractivity contribution in [3.05, 3.63) is 39.4 Å². The number of nitrogens with one attached hydrogen (secondary N) is 1. The number of rotatable bonds is 3. The number of anilines is 1. The molecule has 23 heavy (non-hydrogen) atoms. The number of amides is 1. The lowest BCUT2D eigenvalue weighted by atomic mass is 9.93. The van der Waals surface area contributed by atoms with Crippen LogP contribution in [0, 0.1) is 0 Å². The molecule has 0 radical (unpaired) electrons. The number of aromatic nitrogens is 2. The Kier molecular flexibility index (Phi) is 4.27. The highest BCUT2D eigenvalue weighted by Gasteiger charge is 2.21. The standard InChI is InChI=1S/C15H14ClN3O2S2/c1-15(2,3)10-6-12(19-21-10)18-13(20)8-7-22-14(17-8)9-4-5-11(16)23-9/h4-7H,1-3H3,(H,18,19,20). The third-order valence-corrected chi connectivity index (χ3v) is 5.25. The molecule has 3 aromatic heterocycles. The Morgan fingerprint density at radius 1 is 1.35 bits per heavy atom. The zero-order chi connectivity index (χ0) is 16.6. The van der Waals surface area contributed by atoms with E-state index in [1.54, 1.807) is 11.4 Å². The van der Waals surface area contributed by atoms with Crippen LogP contribution in [-0.2, 0) is 5.41 Å².